The van der Waals surface area contributed by atoms with E-state index in [1.54, 1.807) is 43.5 Å². The highest BCUT2D eigenvalue weighted by atomic mass is 35.5. The number of nitrogens with zero attached hydrogens (tertiary/aromatic N) is 2. The number of allylic oxidation sites excluding steroid dienone is 2. The highest BCUT2D eigenvalue weighted by Gasteiger charge is 2.70. The summed E-state index contributed by atoms with van der Waals surface area (Å²) in [6.07, 6.45) is 2.51. The summed E-state index contributed by atoms with van der Waals surface area (Å²) in [4.78, 5) is 60.8. The minimum Gasteiger partial charge on any atom is -0.497 e. The first kappa shape index (κ1) is 35.4. The number of likely N-dealkylation sites (tertiary alicyclic amines) is 1. The van der Waals surface area contributed by atoms with Crippen LogP contribution in [0.3, 0.4) is 0 Å². The third-order valence-electron chi connectivity index (χ3n) is 11.1. The number of thiophene rings is 1. The lowest BCUT2D eigenvalue weighted by Gasteiger charge is -2.50. The number of carbonyl (C=O) groups is 4. The molecule has 3 aromatic carbocycles. The number of aliphatic hydroxyl groups is 1. The second-order valence-corrected chi connectivity index (χ2v) is 15.6. The molecule has 10 nitrogen and oxygen atoms in total. The molecule has 3 heterocycles. The summed E-state index contributed by atoms with van der Waals surface area (Å²) in [5.74, 6) is -3.74. The van der Waals surface area contributed by atoms with Crippen LogP contribution in [0.2, 0.25) is 10.0 Å². The zero-order valence-corrected chi connectivity index (χ0v) is 30.9. The van der Waals surface area contributed by atoms with E-state index in [1.807, 2.05) is 47.9 Å². The van der Waals surface area contributed by atoms with Gasteiger partial charge in [-0.3, -0.25) is 29.5 Å². The molecule has 2 aliphatic heterocycles. The molecule has 1 saturated carbocycles. The lowest BCUT2D eigenvalue weighted by atomic mass is 9.49. The molecular weight excluding hydrogens is 737 g/mol. The minimum atomic E-state index is -1.47. The third kappa shape index (κ3) is 5.72. The number of fused-ring (bicyclic) bond motifs is 4. The summed E-state index contributed by atoms with van der Waals surface area (Å²) < 4.78 is 11.2. The fraction of sp³-hybridized carbons (Fsp3) is 0.300. The van der Waals surface area contributed by atoms with Crippen molar-refractivity contribution in [2.75, 3.05) is 25.7 Å². The first-order valence-electron chi connectivity index (χ1n) is 17.3. The van der Waals surface area contributed by atoms with Crippen LogP contribution >= 0.6 is 34.5 Å². The van der Waals surface area contributed by atoms with E-state index in [0.717, 1.165) is 21.0 Å². The molecule has 272 valence electrons. The van der Waals surface area contributed by atoms with Crippen LogP contribution in [0, 0.1) is 23.7 Å². The fourth-order valence-corrected chi connectivity index (χ4v) is 10.1. The Morgan fingerprint density at radius 2 is 1.68 bits per heavy atom. The maximum atomic E-state index is 15.4. The number of anilines is 1. The largest absolute Gasteiger partial charge is 0.497 e. The first-order valence-corrected chi connectivity index (χ1v) is 19.0. The molecule has 3 fully saturated rings. The Kier molecular flexibility index (Phi) is 9.30. The first-order chi connectivity index (χ1) is 25.7. The predicted octanol–water partition coefficient (Wildman–Crippen LogP) is 6.62. The standard InChI is InChI=1S/C40H35Cl2N3O7S/c1-51-25-11-6-23(7-12-25)40-31(37(48)45(39(40)50)43-33-15-8-24(41)19-32(33)42)20-30-28(35(40)22-4-9-26(10-5-22)52-17-16-46)13-14-29-34(30)38(49)44(36(29)47)21-27-3-2-18-53-27/h2-13,15,18-19,29-31,34-35,43,46H,14,16-17,20-21H2,1H3/t29-,30+,31-,34-,35-,40+/m0/s1. The van der Waals surface area contributed by atoms with Crippen molar-refractivity contribution in [3.05, 3.63) is 122 Å². The van der Waals surface area contributed by atoms with Crippen molar-refractivity contribution in [1.29, 1.82) is 0 Å². The molecule has 13 heteroatoms. The van der Waals surface area contributed by atoms with Crippen LogP contribution in [-0.2, 0) is 31.1 Å². The van der Waals surface area contributed by atoms with Crippen molar-refractivity contribution in [2.45, 2.75) is 30.7 Å². The van der Waals surface area contributed by atoms with Gasteiger partial charge in [-0.2, -0.15) is 5.01 Å². The Morgan fingerprint density at radius 3 is 2.36 bits per heavy atom. The molecule has 0 bridgehead atoms. The molecule has 4 aromatic rings. The molecule has 0 spiro atoms. The minimum absolute atomic E-state index is 0.107. The van der Waals surface area contributed by atoms with Crippen molar-refractivity contribution in [3.63, 3.8) is 0 Å². The molecule has 1 aromatic heterocycles. The smallest absolute Gasteiger partial charge is 0.260 e. The van der Waals surface area contributed by atoms with Crippen LogP contribution in [0.4, 0.5) is 5.69 Å². The molecule has 4 aliphatic rings. The normalized spacial score (nSPS) is 26.3. The van der Waals surface area contributed by atoms with E-state index < -0.39 is 46.8 Å². The van der Waals surface area contributed by atoms with Crippen LogP contribution in [0.5, 0.6) is 11.5 Å². The number of rotatable bonds is 10. The molecule has 53 heavy (non-hydrogen) atoms. The monoisotopic (exact) mass is 771 g/mol. The van der Waals surface area contributed by atoms with Gasteiger partial charge in [0.25, 0.3) is 11.8 Å². The summed E-state index contributed by atoms with van der Waals surface area (Å²) in [6, 6.07) is 23.0. The number of hydrazine groups is 1. The van der Waals surface area contributed by atoms with Gasteiger partial charge in [-0.15, -0.1) is 11.3 Å². The van der Waals surface area contributed by atoms with Gasteiger partial charge >= 0.3 is 0 Å². The topological polar surface area (TPSA) is 125 Å². The maximum Gasteiger partial charge on any atom is 0.260 e. The highest BCUT2D eigenvalue weighted by molar-refractivity contribution is 7.09. The van der Waals surface area contributed by atoms with E-state index >= 15 is 4.79 Å². The van der Waals surface area contributed by atoms with Crippen LogP contribution in [0.15, 0.2) is 95.9 Å². The van der Waals surface area contributed by atoms with E-state index in [-0.39, 0.29) is 43.0 Å². The van der Waals surface area contributed by atoms with Crippen molar-refractivity contribution in [1.82, 2.24) is 9.91 Å². The molecule has 6 atom stereocenters. The van der Waals surface area contributed by atoms with Gasteiger partial charge in [0.1, 0.15) is 18.1 Å². The molecular formula is C40H35Cl2N3O7S. The Morgan fingerprint density at radius 1 is 0.925 bits per heavy atom. The number of hydrogen-bond donors (Lipinski definition) is 2. The number of aliphatic hydroxyl groups excluding tert-OH is 1. The van der Waals surface area contributed by atoms with Crippen molar-refractivity contribution in [3.8, 4) is 11.5 Å². The number of imide groups is 2. The van der Waals surface area contributed by atoms with E-state index in [4.69, 9.17) is 32.7 Å². The summed E-state index contributed by atoms with van der Waals surface area (Å²) in [5, 5.41) is 12.9. The lowest BCUT2D eigenvalue weighted by molar-refractivity contribution is -0.141. The molecule has 2 saturated heterocycles. The Balaban J connectivity index is 1.30. The van der Waals surface area contributed by atoms with Gasteiger partial charge in [-0.25, -0.2) is 0 Å². The van der Waals surface area contributed by atoms with E-state index in [2.05, 4.69) is 5.43 Å². The van der Waals surface area contributed by atoms with Gasteiger partial charge in [0.15, 0.2) is 0 Å². The van der Waals surface area contributed by atoms with Crippen molar-refractivity contribution < 1.29 is 33.8 Å². The average Bonchev–Trinajstić information content (AvgIpc) is 3.83. The van der Waals surface area contributed by atoms with E-state index in [9.17, 15) is 19.5 Å². The van der Waals surface area contributed by atoms with Crippen LogP contribution in [-0.4, -0.2) is 59.0 Å². The van der Waals surface area contributed by atoms with Gasteiger partial charge < -0.3 is 14.6 Å². The summed E-state index contributed by atoms with van der Waals surface area (Å²) in [5.41, 5.74) is 4.04. The molecule has 4 amide bonds. The number of hydrogen-bond acceptors (Lipinski definition) is 9. The molecule has 0 unspecified atom stereocenters. The number of amides is 4. The Hall–Kier alpha value is -4.68. The summed E-state index contributed by atoms with van der Waals surface area (Å²) >= 11 is 14.2. The zero-order valence-electron chi connectivity index (χ0n) is 28.5. The highest BCUT2D eigenvalue weighted by Crippen LogP contribution is 2.64. The number of halogens is 2. The predicted molar refractivity (Wildman–Crippen MR) is 200 cm³/mol. The van der Waals surface area contributed by atoms with Gasteiger partial charge in [0.2, 0.25) is 11.8 Å². The van der Waals surface area contributed by atoms with Gasteiger partial charge in [0.05, 0.1) is 54.1 Å². The third-order valence-corrected chi connectivity index (χ3v) is 12.5. The van der Waals surface area contributed by atoms with Crippen LogP contribution in [0.25, 0.3) is 0 Å². The second kappa shape index (κ2) is 13.9. The molecule has 2 N–H and O–H groups in total. The Labute approximate surface area is 319 Å². The number of carbonyl (C=O) groups excluding carboxylic acids is 4. The van der Waals surface area contributed by atoms with Gasteiger partial charge in [-0.1, -0.05) is 65.2 Å². The summed E-state index contributed by atoms with van der Waals surface area (Å²) in [7, 11) is 1.56. The summed E-state index contributed by atoms with van der Waals surface area (Å²) in [6.45, 7) is 0.145. The molecule has 8 rings (SSSR count). The maximum absolute atomic E-state index is 15.4. The van der Waals surface area contributed by atoms with E-state index in [1.165, 1.54) is 22.3 Å². The zero-order chi connectivity index (χ0) is 37.0. The van der Waals surface area contributed by atoms with Crippen molar-refractivity contribution >= 4 is 63.9 Å². The number of benzene rings is 3. The van der Waals surface area contributed by atoms with E-state index in [0.29, 0.717) is 34.2 Å². The lowest BCUT2D eigenvalue weighted by Crippen LogP contribution is -2.53. The second-order valence-electron chi connectivity index (χ2n) is 13.7. The molecule has 2 aliphatic carbocycles. The number of ether oxygens (including phenoxy) is 2. The average molecular weight is 773 g/mol. The Bertz CT molecular complexity index is 2120. The van der Waals surface area contributed by atoms with Gasteiger partial charge in [-0.05, 0) is 83.8 Å². The number of methoxy groups -OCH3 is 1. The SMILES string of the molecule is COc1ccc([C@@]23C(=O)N(Nc4ccc(Cl)cc4Cl)C(=O)[C@@H]2C[C@@H]2C(=CC[C@@H]4C(=O)N(Cc5cccs5)C(=O)[C@@H]42)[C@@H]3c2ccc(OCCO)cc2)cc1. The number of nitrogens with one attached hydrogen (secondary N) is 1. The molecule has 0 radical (unpaired) electrons. The van der Waals surface area contributed by atoms with Crippen LogP contribution < -0.4 is 14.9 Å². The van der Waals surface area contributed by atoms with Crippen molar-refractivity contribution in [2.24, 2.45) is 23.7 Å². The quantitative estimate of drug-likeness (QED) is 0.136. The van der Waals surface area contributed by atoms with Gasteiger partial charge in [0, 0.05) is 15.8 Å². The fourth-order valence-electron chi connectivity index (χ4n) is 8.92. The van der Waals surface area contributed by atoms with Crippen LogP contribution in [0.1, 0.15) is 34.8 Å².